The van der Waals surface area contributed by atoms with Gasteiger partial charge < -0.3 is 15.7 Å². The number of β-amino-alcohol motifs (C(OH)–C–C–N with tert-alkyl or cyclic N) is 1. The quantitative estimate of drug-likeness (QED) is 0.499. The minimum absolute atomic E-state index is 0.185. The molecule has 3 rings (SSSR count). The van der Waals surface area contributed by atoms with Gasteiger partial charge in [-0.3, -0.25) is 14.5 Å². The summed E-state index contributed by atoms with van der Waals surface area (Å²) in [5, 5.41) is 17.3. The van der Waals surface area contributed by atoms with Gasteiger partial charge in [-0.25, -0.2) is 0 Å². The molecule has 0 aliphatic carbocycles. The number of nitrogens with one attached hydrogen (secondary N) is 2. The Bertz CT molecular complexity index is 971. The lowest BCUT2D eigenvalue weighted by atomic mass is 10.0. The summed E-state index contributed by atoms with van der Waals surface area (Å²) in [6, 6.07) is 13.7. The summed E-state index contributed by atoms with van der Waals surface area (Å²) in [7, 11) is 0. The van der Waals surface area contributed by atoms with Gasteiger partial charge in [0.25, 0.3) is 5.91 Å². The highest BCUT2D eigenvalue weighted by atomic mass is 35.5. The third kappa shape index (κ3) is 7.70. The standard InChI is InChI=1S/C26H33Cl2N3O3/c1-17(2)13-23(30-25(33)19-10-11-20(27)21(28)14-19)26(34)29-22-9-6-12-31(16-24(22)32)15-18-7-4-3-5-8-18/h3-5,7-8,10-11,14,17,22-24,32H,6,9,12-13,15-16H2,1-2H3,(H,29,34)(H,30,33)/t22?,23?,24-/m0/s1. The Labute approximate surface area is 211 Å². The molecule has 1 aliphatic heterocycles. The summed E-state index contributed by atoms with van der Waals surface area (Å²) in [4.78, 5) is 28.2. The van der Waals surface area contributed by atoms with Gasteiger partial charge in [0.2, 0.25) is 5.91 Å². The molecule has 0 radical (unpaired) electrons. The highest BCUT2D eigenvalue weighted by Crippen LogP contribution is 2.23. The predicted octanol–water partition coefficient (Wildman–Crippen LogP) is 4.28. The second-order valence-corrected chi connectivity index (χ2v) is 10.1. The van der Waals surface area contributed by atoms with E-state index >= 15 is 0 Å². The largest absolute Gasteiger partial charge is 0.390 e. The Kier molecular flexibility index (Phi) is 9.77. The van der Waals surface area contributed by atoms with Crippen LogP contribution in [0.15, 0.2) is 48.5 Å². The van der Waals surface area contributed by atoms with Gasteiger partial charge in [-0.2, -0.15) is 0 Å². The topological polar surface area (TPSA) is 81.7 Å². The molecule has 2 aromatic rings. The molecule has 2 aromatic carbocycles. The zero-order valence-corrected chi connectivity index (χ0v) is 21.1. The molecule has 184 valence electrons. The van der Waals surface area contributed by atoms with E-state index in [1.807, 2.05) is 32.0 Å². The Morgan fingerprint density at radius 1 is 1.12 bits per heavy atom. The van der Waals surface area contributed by atoms with Crippen LogP contribution in [0.2, 0.25) is 10.0 Å². The molecule has 1 heterocycles. The maximum Gasteiger partial charge on any atom is 0.251 e. The van der Waals surface area contributed by atoms with Crippen LogP contribution in [0.1, 0.15) is 49.0 Å². The fourth-order valence-corrected chi connectivity index (χ4v) is 4.53. The number of carbonyl (C=O) groups excluding carboxylic acids is 2. The Morgan fingerprint density at radius 2 is 1.85 bits per heavy atom. The summed E-state index contributed by atoms with van der Waals surface area (Å²) in [6.07, 6.45) is 1.31. The van der Waals surface area contributed by atoms with Gasteiger partial charge in [0.1, 0.15) is 6.04 Å². The van der Waals surface area contributed by atoms with Crippen LogP contribution >= 0.6 is 23.2 Å². The molecule has 1 saturated heterocycles. The van der Waals surface area contributed by atoms with Crippen molar-refractivity contribution < 1.29 is 14.7 Å². The molecule has 2 amide bonds. The lowest BCUT2D eigenvalue weighted by Gasteiger charge is -2.27. The van der Waals surface area contributed by atoms with E-state index in [9.17, 15) is 14.7 Å². The Hall–Kier alpha value is -2.12. The molecule has 1 fully saturated rings. The summed E-state index contributed by atoms with van der Waals surface area (Å²) in [5.74, 6) is -0.497. The zero-order valence-electron chi connectivity index (χ0n) is 19.6. The second kappa shape index (κ2) is 12.5. The van der Waals surface area contributed by atoms with Gasteiger partial charge in [-0.05, 0) is 55.5 Å². The summed E-state index contributed by atoms with van der Waals surface area (Å²) in [6.45, 7) is 6.07. The number of aliphatic hydroxyl groups is 1. The maximum absolute atomic E-state index is 13.2. The van der Waals surface area contributed by atoms with Crippen LogP contribution in [0.5, 0.6) is 0 Å². The van der Waals surface area contributed by atoms with E-state index < -0.39 is 18.1 Å². The summed E-state index contributed by atoms with van der Waals surface area (Å²) in [5.41, 5.74) is 1.53. The summed E-state index contributed by atoms with van der Waals surface area (Å²) >= 11 is 12.0. The number of likely N-dealkylation sites (tertiary alicyclic amines) is 1. The minimum Gasteiger partial charge on any atom is -0.390 e. The van der Waals surface area contributed by atoms with Crippen LogP contribution in [0.3, 0.4) is 0 Å². The zero-order chi connectivity index (χ0) is 24.7. The lowest BCUT2D eigenvalue weighted by Crippen LogP contribution is -2.53. The molecule has 1 aliphatic rings. The highest BCUT2D eigenvalue weighted by molar-refractivity contribution is 6.42. The van der Waals surface area contributed by atoms with Crippen molar-refractivity contribution in [2.75, 3.05) is 13.1 Å². The monoisotopic (exact) mass is 505 g/mol. The van der Waals surface area contributed by atoms with E-state index in [2.05, 4.69) is 27.7 Å². The third-order valence-corrected chi connectivity index (χ3v) is 6.73. The minimum atomic E-state index is -0.724. The van der Waals surface area contributed by atoms with Crippen molar-refractivity contribution in [2.45, 2.75) is 57.8 Å². The molecule has 6 nitrogen and oxygen atoms in total. The number of hydrogen-bond acceptors (Lipinski definition) is 4. The molecule has 3 N–H and O–H groups in total. The van der Waals surface area contributed by atoms with Gasteiger partial charge in [0.05, 0.1) is 22.2 Å². The van der Waals surface area contributed by atoms with Crippen LogP contribution in [0.25, 0.3) is 0 Å². The average Bonchev–Trinajstić information content (AvgIpc) is 2.96. The van der Waals surface area contributed by atoms with Crippen LogP contribution in [-0.2, 0) is 11.3 Å². The van der Waals surface area contributed by atoms with Crippen molar-refractivity contribution in [3.63, 3.8) is 0 Å². The van der Waals surface area contributed by atoms with Crippen molar-refractivity contribution in [3.05, 3.63) is 69.7 Å². The molecule has 0 saturated carbocycles. The van der Waals surface area contributed by atoms with E-state index in [-0.39, 0.29) is 22.9 Å². The second-order valence-electron chi connectivity index (χ2n) is 9.33. The highest BCUT2D eigenvalue weighted by Gasteiger charge is 2.30. The first kappa shape index (κ1) is 26.5. The van der Waals surface area contributed by atoms with Crippen LogP contribution in [0, 0.1) is 5.92 Å². The lowest BCUT2D eigenvalue weighted by molar-refractivity contribution is -0.125. The molecular weight excluding hydrogens is 473 g/mol. The number of aliphatic hydroxyl groups excluding tert-OH is 1. The molecular formula is C26H33Cl2N3O3. The average molecular weight is 506 g/mol. The summed E-state index contributed by atoms with van der Waals surface area (Å²) < 4.78 is 0. The molecule has 0 bridgehead atoms. The van der Waals surface area contributed by atoms with Gasteiger partial charge in [-0.1, -0.05) is 67.4 Å². The number of nitrogens with zero attached hydrogens (tertiary/aromatic N) is 1. The van der Waals surface area contributed by atoms with Crippen molar-refractivity contribution in [2.24, 2.45) is 5.92 Å². The van der Waals surface area contributed by atoms with E-state index in [4.69, 9.17) is 23.2 Å². The van der Waals surface area contributed by atoms with Crippen molar-refractivity contribution >= 4 is 35.0 Å². The van der Waals surface area contributed by atoms with Crippen molar-refractivity contribution in [1.29, 1.82) is 0 Å². The first-order valence-electron chi connectivity index (χ1n) is 11.7. The van der Waals surface area contributed by atoms with E-state index in [1.54, 1.807) is 12.1 Å². The SMILES string of the molecule is CC(C)CC(NC(=O)c1ccc(Cl)c(Cl)c1)C(=O)NC1CCCN(Cc2ccccc2)C[C@@H]1O. The third-order valence-electron chi connectivity index (χ3n) is 5.99. The number of amides is 2. The maximum atomic E-state index is 13.2. The van der Waals surface area contributed by atoms with Gasteiger partial charge in [-0.15, -0.1) is 0 Å². The van der Waals surface area contributed by atoms with Crippen LogP contribution < -0.4 is 10.6 Å². The van der Waals surface area contributed by atoms with E-state index in [0.29, 0.717) is 30.0 Å². The Morgan fingerprint density at radius 3 is 2.53 bits per heavy atom. The first-order chi connectivity index (χ1) is 16.2. The smallest absolute Gasteiger partial charge is 0.251 e. The number of carbonyl (C=O) groups is 2. The molecule has 0 spiro atoms. The molecule has 34 heavy (non-hydrogen) atoms. The number of halogens is 2. The van der Waals surface area contributed by atoms with Crippen LogP contribution in [0.4, 0.5) is 0 Å². The number of benzene rings is 2. The van der Waals surface area contributed by atoms with Crippen LogP contribution in [-0.4, -0.2) is 53.1 Å². The number of hydrogen-bond donors (Lipinski definition) is 3. The van der Waals surface area contributed by atoms with Gasteiger partial charge >= 0.3 is 0 Å². The van der Waals surface area contributed by atoms with Crippen molar-refractivity contribution in [1.82, 2.24) is 15.5 Å². The number of rotatable bonds is 8. The fourth-order valence-electron chi connectivity index (χ4n) is 4.23. The van der Waals surface area contributed by atoms with Gasteiger partial charge in [0, 0.05) is 18.7 Å². The van der Waals surface area contributed by atoms with Gasteiger partial charge in [0.15, 0.2) is 0 Å². The van der Waals surface area contributed by atoms with E-state index in [0.717, 1.165) is 19.5 Å². The molecule has 3 atom stereocenters. The molecule has 8 heteroatoms. The first-order valence-corrected chi connectivity index (χ1v) is 12.5. The van der Waals surface area contributed by atoms with Crippen molar-refractivity contribution in [3.8, 4) is 0 Å². The normalized spacial score (nSPS) is 19.9. The van der Waals surface area contributed by atoms with E-state index in [1.165, 1.54) is 11.6 Å². The predicted molar refractivity (Wildman–Crippen MR) is 136 cm³/mol. The molecule has 2 unspecified atom stereocenters. The Balaban J connectivity index is 1.62. The molecule has 0 aromatic heterocycles. The fraction of sp³-hybridized carbons (Fsp3) is 0.462.